The highest BCUT2D eigenvalue weighted by molar-refractivity contribution is 5.77. The van der Waals surface area contributed by atoms with Crippen LogP contribution in [-0.4, -0.2) is 28.9 Å². The lowest BCUT2D eigenvalue weighted by Crippen LogP contribution is -2.48. The lowest BCUT2D eigenvalue weighted by molar-refractivity contribution is -0.134. The maximum absolute atomic E-state index is 12.5. The summed E-state index contributed by atoms with van der Waals surface area (Å²) in [5.74, 6) is 0.260. The molecule has 3 nitrogen and oxygen atoms in total. The monoisotopic (exact) mass is 268 g/mol. The molecule has 0 bridgehead atoms. The Morgan fingerprint density at radius 1 is 1.21 bits per heavy atom. The van der Waals surface area contributed by atoms with Crippen molar-refractivity contribution in [1.82, 2.24) is 4.90 Å². The van der Waals surface area contributed by atoms with Gasteiger partial charge in [0.05, 0.1) is 0 Å². The van der Waals surface area contributed by atoms with Crippen LogP contribution in [0.5, 0.6) is 0 Å². The standard InChI is InChI=1S/C16H32N2O/c1-4-5-9-12-18(14(2)3)15(19)13-16(17)10-7-6-8-11-16/h14H,4-13,17H2,1-3H3. The first kappa shape index (κ1) is 16.5. The SMILES string of the molecule is CCCCCN(C(=O)CC1(N)CCCCC1)C(C)C. The van der Waals surface area contributed by atoms with Crippen molar-refractivity contribution in [3.05, 3.63) is 0 Å². The molecule has 0 heterocycles. The number of hydrogen-bond acceptors (Lipinski definition) is 2. The van der Waals surface area contributed by atoms with E-state index in [1.165, 1.54) is 32.1 Å². The summed E-state index contributed by atoms with van der Waals surface area (Å²) in [7, 11) is 0. The third kappa shape index (κ3) is 5.52. The van der Waals surface area contributed by atoms with Crippen LogP contribution in [0.2, 0.25) is 0 Å². The van der Waals surface area contributed by atoms with Gasteiger partial charge in [-0.05, 0) is 33.1 Å². The molecule has 0 radical (unpaired) electrons. The first-order valence-electron chi connectivity index (χ1n) is 8.07. The van der Waals surface area contributed by atoms with E-state index in [0.29, 0.717) is 6.42 Å². The molecule has 0 saturated heterocycles. The molecular formula is C16H32N2O. The summed E-state index contributed by atoms with van der Waals surface area (Å²) in [4.78, 5) is 14.5. The van der Waals surface area contributed by atoms with E-state index in [4.69, 9.17) is 5.73 Å². The third-order valence-electron chi connectivity index (χ3n) is 4.30. The Hall–Kier alpha value is -0.570. The molecule has 0 aliphatic heterocycles. The molecule has 1 aliphatic rings. The molecule has 112 valence electrons. The molecule has 1 fully saturated rings. The second-order valence-corrected chi connectivity index (χ2v) is 6.49. The third-order valence-corrected chi connectivity index (χ3v) is 4.30. The van der Waals surface area contributed by atoms with Crippen LogP contribution in [0.15, 0.2) is 0 Å². The quantitative estimate of drug-likeness (QED) is 0.719. The number of carbonyl (C=O) groups excluding carboxylic acids is 1. The van der Waals surface area contributed by atoms with Gasteiger partial charge in [0, 0.05) is 24.5 Å². The summed E-state index contributed by atoms with van der Waals surface area (Å²) in [6.07, 6.45) is 9.71. The van der Waals surface area contributed by atoms with Gasteiger partial charge in [0.1, 0.15) is 0 Å². The first-order valence-corrected chi connectivity index (χ1v) is 8.07. The van der Waals surface area contributed by atoms with Gasteiger partial charge in [-0.25, -0.2) is 0 Å². The molecule has 19 heavy (non-hydrogen) atoms. The van der Waals surface area contributed by atoms with Crippen molar-refractivity contribution in [2.45, 2.75) is 90.1 Å². The Kier molecular flexibility index (Phi) is 6.84. The number of carbonyl (C=O) groups is 1. The van der Waals surface area contributed by atoms with E-state index in [-0.39, 0.29) is 17.5 Å². The molecule has 0 spiro atoms. The minimum Gasteiger partial charge on any atom is -0.340 e. The van der Waals surface area contributed by atoms with E-state index in [0.717, 1.165) is 25.8 Å². The molecule has 1 amide bonds. The van der Waals surface area contributed by atoms with Gasteiger partial charge < -0.3 is 10.6 Å². The zero-order chi connectivity index (χ0) is 14.3. The van der Waals surface area contributed by atoms with Crippen molar-refractivity contribution in [2.75, 3.05) is 6.54 Å². The van der Waals surface area contributed by atoms with E-state index >= 15 is 0 Å². The minimum absolute atomic E-state index is 0.229. The van der Waals surface area contributed by atoms with E-state index in [1.807, 2.05) is 4.90 Å². The second-order valence-electron chi connectivity index (χ2n) is 6.49. The van der Waals surface area contributed by atoms with Crippen LogP contribution >= 0.6 is 0 Å². The molecule has 2 N–H and O–H groups in total. The maximum atomic E-state index is 12.5. The summed E-state index contributed by atoms with van der Waals surface area (Å²) < 4.78 is 0. The molecule has 3 heteroatoms. The van der Waals surface area contributed by atoms with Crippen LogP contribution in [0.25, 0.3) is 0 Å². The van der Waals surface area contributed by atoms with Gasteiger partial charge in [-0.1, -0.05) is 39.0 Å². The van der Waals surface area contributed by atoms with Crippen molar-refractivity contribution >= 4 is 5.91 Å². The summed E-state index contributed by atoms with van der Waals surface area (Å²) in [5.41, 5.74) is 6.18. The maximum Gasteiger partial charge on any atom is 0.224 e. The molecule has 0 atom stereocenters. The van der Waals surface area contributed by atoms with Crippen molar-refractivity contribution in [2.24, 2.45) is 5.73 Å². The second kappa shape index (κ2) is 7.88. The Morgan fingerprint density at radius 2 is 1.84 bits per heavy atom. The van der Waals surface area contributed by atoms with Crippen LogP contribution in [0.4, 0.5) is 0 Å². The van der Waals surface area contributed by atoms with Gasteiger partial charge in [0.25, 0.3) is 0 Å². The number of unbranched alkanes of at least 4 members (excludes halogenated alkanes) is 2. The highest BCUT2D eigenvalue weighted by Crippen LogP contribution is 2.29. The number of nitrogens with two attached hydrogens (primary N) is 1. The molecule has 0 aromatic heterocycles. The lowest BCUT2D eigenvalue weighted by Gasteiger charge is -2.36. The van der Waals surface area contributed by atoms with Crippen LogP contribution in [0.3, 0.4) is 0 Å². The Balaban J connectivity index is 2.51. The number of nitrogens with zero attached hydrogens (tertiary/aromatic N) is 1. The summed E-state index contributed by atoms with van der Waals surface area (Å²) in [5, 5.41) is 0. The van der Waals surface area contributed by atoms with Crippen LogP contribution in [0, 0.1) is 0 Å². The van der Waals surface area contributed by atoms with Gasteiger partial charge in [0.15, 0.2) is 0 Å². The normalized spacial score (nSPS) is 18.6. The molecule has 1 rings (SSSR count). The topological polar surface area (TPSA) is 46.3 Å². The van der Waals surface area contributed by atoms with Crippen molar-refractivity contribution in [1.29, 1.82) is 0 Å². The highest BCUT2D eigenvalue weighted by atomic mass is 16.2. The van der Waals surface area contributed by atoms with E-state index in [1.54, 1.807) is 0 Å². The minimum atomic E-state index is -0.229. The van der Waals surface area contributed by atoms with Crippen molar-refractivity contribution < 1.29 is 4.79 Å². The van der Waals surface area contributed by atoms with Gasteiger partial charge in [-0.3, -0.25) is 4.79 Å². The van der Waals surface area contributed by atoms with Gasteiger partial charge in [0.2, 0.25) is 5.91 Å². The van der Waals surface area contributed by atoms with E-state index in [9.17, 15) is 4.79 Å². The van der Waals surface area contributed by atoms with Crippen molar-refractivity contribution in [3.8, 4) is 0 Å². The Bertz CT molecular complexity index is 270. The highest BCUT2D eigenvalue weighted by Gasteiger charge is 2.32. The number of rotatable bonds is 7. The summed E-state index contributed by atoms with van der Waals surface area (Å²) in [6, 6.07) is 0.288. The van der Waals surface area contributed by atoms with Crippen LogP contribution < -0.4 is 5.73 Å². The average Bonchev–Trinajstić information content (AvgIpc) is 2.34. The van der Waals surface area contributed by atoms with Crippen molar-refractivity contribution in [3.63, 3.8) is 0 Å². The summed E-state index contributed by atoms with van der Waals surface area (Å²) >= 11 is 0. The lowest BCUT2D eigenvalue weighted by atomic mass is 9.80. The van der Waals surface area contributed by atoms with Gasteiger partial charge in [-0.2, -0.15) is 0 Å². The predicted octanol–water partition coefficient (Wildman–Crippen LogP) is 3.47. The van der Waals surface area contributed by atoms with Crippen LogP contribution in [0.1, 0.15) is 78.6 Å². The van der Waals surface area contributed by atoms with E-state index < -0.39 is 0 Å². The zero-order valence-corrected chi connectivity index (χ0v) is 13.1. The molecule has 0 aromatic rings. The molecule has 0 aromatic carbocycles. The fraction of sp³-hybridized carbons (Fsp3) is 0.938. The number of hydrogen-bond donors (Lipinski definition) is 1. The molecule has 1 saturated carbocycles. The van der Waals surface area contributed by atoms with Gasteiger partial charge in [-0.15, -0.1) is 0 Å². The predicted molar refractivity (Wildman–Crippen MR) is 81.0 cm³/mol. The molecular weight excluding hydrogens is 236 g/mol. The fourth-order valence-electron chi connectivity index (χ4n) is 3.04. The number of amides is 1. The largest absolute Gasteiger partial charge is 0.340 e. The summed E-state index contributed by atoms with van der Waals surface area (Å²) in [6.45, 7) is 7.29. The average molecular weight is 268 g/mol. The van der Waals surface area contributed by atoms with E-state index in [2.05, 4.69) is 20.8 Å². The fourth-order valence-corrected chi connectivity index (χ4v) is 3.04. The van der Waals surface area contributed by atoms with Crippen LogP contribution in [-0.2, 0) is 4.79 Å². The molecule has 1 aliphatic carbocycles. The smallest absolute Gasteiger partial charge is 0.224 e. The zero-order valence-electron chi connectivity index (χ0n) is 13.1. The first-order chi connectivity index (χ1) is 8.98. The Morgan fingerprint density at radius 3 is 2.37 bits per heavy atom. The Labute approximate surface area is 118 Å². The molecule has 0 unspecified atom stereocenters. The van der Waals surface area contributed by atoms with Gasteiger partial charge >= 0.3 is 0 Å².